The number of rotatable bonds is 8. The van der Waals surface area contributed by atoms with Crippen LogP contribution in [0.3, 0.4) is 0 Å². The molecular formula is C9H11Br2N2O6P. The van der Waals surface area contributed by atoms with E-state index in [9.17, 15) is 19.3 Å². The van der Waals surface area contributed by atoms with Gasteiger partial charge in [0, 0.05) is 17.6 Å². The van der Waals surface area contributed by atoms with E-state index in [1.54, 1.807) is 0 Å². The van der Waals surface area contributed by atoms with Crippen molar-refractivity contribution in [1.82, 2.24) is 9.55 Å². The minimum Gasteiger partial charge on any atom is -0.379 e. The highest BCUT2D eigenvalue weighted by Crippen LogP contribution is 2.18. The molecule has 2 N–H and O–H groups in total. The minimum atomic E-state index is -1.08. The first-order valence-corrected chi connectivity index (χ1v) is 8.06. The van der Waals surface area contributed by atoms with Crippen LogP contribution in [0.4, 0.5) is 0 Å². The van der Waals surface area contributed by atoms with Crippen molar-refractivity contribution in [3.8, 4) is 0 Å². The number of halogens is 2. The highest BCUT2D eigenvalue weighted by atomic mass is 79.9. The van der Waals surface area contributed by atoms with Gasteiger partial charge in [-0.1, -0.05) is 31.9 Å². The SMILES string of the molecule is O=POC[C@@H](O[C@H](CBr)n1ccc(=O)[nH]c1=O)[C@@H](O)Br. The summed E-state index contributed by atoms with van der Waals surface area (Å²) in [5.41, 5.74) is -1.17. The molecule has 0 saturated heterocycles. The largest absolute Gasteiger partial charge is 0.379 e. The van der Waals surface area contributed by atoms with Crippen molar-refractivity contribution >= 4 is 40.5 Å². The Hall–Kier alpha value is -0.380. The van der Waals surface area contributed by atoms with Crippen molar-refractivity contribution in [3.63, 3.8) is 0 Å². The van der Waals surface area contributed by atoms with E-state index in [1.165, 1.54) is 12.3 Å². The normalized spacial score (nSPS) is 15.9. The fourth-order valence-corrected chi connectivity index (χ4v) is 2.27. The molecule has 8 nitrogen and oxygen atoms in total. The van der Waals surface area contributed by atoms with Crippen LogP contribution >= 0.6 is 40.5 Å². The van der Waals surface area contributed by atoms with Gasteiger partial charge in [0.05, 0.1) is 6.61 Å². The van der Waals surface area contributed by atoms with Crippen molar-refractivity contribution in [1.29, 1.82) is 0 Å². The highest BCUT2D eigenvalue weighted by Gasteiger charge is 2.23. The monoisotopic (exact) mass is 432 g/mol. The minimum absolute atomic E-state index is 0.154. The van der Waals surface area contributed by atoms with Crippen LogP contribution in [0, 0.1) is 0 Å². The molecule has 0 aromatic carbocycles. The molecule has 0 aliphatic carbocycles. The van der Waals surface area contributed by atoms with Crippen LogP contribution in [-0.2, 0) is 13.8 Å². The number of aromatic nitrogens is 2. The van der Waals surface area contributed by atoms with Crippen LogP contribution in [0.2, 0.25) is 0 Å². The summed E-state index contributed by atoms with van der Waals surface area (Å²) in [6.45, 7) is -0.154. The number of hydrogen-bond acceptors (Lipinski definition) is 6. The number of alkyl halides is 2. The summed E-state index contributed by atoms with van der Waals surface area (Å²) in [5, 5.41) is 8.64. The van der Waals surface area contributed by atoms with Gasteiger partial charge in [-0.25, -0.2) is 9.36 Å². The van der Waals surface area contributed by atoms with Crippen molar-refractivity contribution in [3.05, 3.63) is 33.1 Å². The van der Waals surface area contributed by atoms with Crippen molar-refractivity contribution < 1.29 is 18.9 Å². The number of aromatic amines is 1. The molecule has 0 aliphatic rings. The van der Waals surface area contributed by atoms with E-state index in [1.807, 2.05) is 0 Å². The van der Waals surface area contributed by atoms with Crippen LogP contribution in [0.5, 0.6) is 0 Å². The van der Waals surface area contributed by atoms with Gasteiger partial charge in [-0.15, -0.1) is 0 Å². The Balaban J connectivity index is 2.91. The molecule has 0 radical (unpaired) electrons. The fraction of sp³-hybridized carbons (Fsp3) is 0.556. The zero-order valence-electron chi connectivity index (χ0n) is 9.94. The third kappa shape index (κ3) is 5.19. The number of H-pyrrole nitrogens is 1. The molecule has 1 aromatic heterocycles. The van der Waals surface area contributed by atoms with Crippen LogP contribution in [0.15, 0.2) is 21.9 Å². The molecule has 0 bridgehead atoms. The Labute approximate surface area is 131 Å². The first-order valence-electron chi connectivity index (χ1n) is 5.29. The summed E-state index contributed by atoms with van der Waals surface area (Å²) in [6, 6.07) is 1.17. The van der Waals surface area contributed by atoms with E-state index < -0.39 is 37.3 Å². The third-order valence-electron chi connectivity index (χ3n) is 2.22. The molecule has 20 heavy (non-hydrogen) atoms. The number of nitrogens with one attached hydrogen (secondary N) is 1. The van der Waals surface area contributed by atoms with Crippen LogP contribution in [0.25, 0.3) is 0 Å². The molecule has 3 atom stereocenters. The number of aliphatic hydroxyl groups excluding tert-OH is 1. The van der Waals surface area contributed by atoms with Gasteiger partial charge in [0.15, 0.2) is 0 Å². The Morgan fingerprint density at radius 2 is 2.20 bits per heavy atom. The molecule has 0 unspecified atom stereocenters. The zero-order chi connectivity index (χ0) is 15.1. The summed E-state index contributed by atoms with van der Waals surface area (Å²) >= 11 is 6.09. The van der Waals surface area contributed by atoms with Crippen LogP contribution in [0.1, 0.15) is 6.23 Å². The van der Waals surface area contributed by atoms with Crippen molar-refractivity contribution in [2.24, 2.45) is 0 Å². The summed E-state index contributed by atoms with van der Waals surface area (Å²) in [5.74, 6) is 0. The third-order valence-corrected chi connectivity index (χ3v) is 3.62. The van der Waals surface area contributed by atoms with Gasteiger partial charge < -0.3 is 9.84 Å². The lowest BCUT2D eigenvalue weighted by Gasteiger charge is -2.25. The number of ether oxygens (including phenoxy) is 1. The Morgan fingerprint density at radius 1 is 1.50 bits per heavy atom. The van der Waals surface area contributed by atoms with Crippen LogP contribution < -0.4 is 11.2 Å². The smallest absolute Gasteiger partial charge is 0.330 e. The molecule has 0 spiro atoms. The maximum Gasteiger partial charge on any atom is 0.330 e. The molecule has 11 heteroatoms. The summed E-state index contributed by atoms with van der Waals surface area (Å²) < 4.78 is 21.5. The molecule has 0 aliphatic heterocycles. The van der Waals surface area contributed by atoms with Gasteiger partial charge in [0.1, 0.15) is 17.3 Å². The average molecular weight is 434 g/mol. The predicted molar refractivity (Wildman–Crippen MR) is 77.5 cm³/mol. The second-order valence-corrected chi connectivity index (χ2v) is 5.54. The Kier molecular flexibility index (Phi) is 7.78. The van der Waals surface area contributed by atoms with E-state index in [4.69, 9.17) is 4.74 Å². The lowest BCUT2D eigenvalue weighted by atomic mass is 10.4. The lowest BCUT2D eigenvalue weighted by Crippen LogP contribution is -2.38. The van der Waals surface area contributed by atoms with Gasteiger partial charge in [0.2, 0.25) is 0 Å². The average Bonchev–Trinajstić information content (AvgIpc) is 2.40. The standard InChI is InChI=1S/C9H11Br2N2O6P/c10-3-7(13-2-1-6(14)12-9(13)16)19-5(8(11)15)4-18-20-17/h1-2,5,7-8,15H,3-4H2,(H,12,14,16)/t5-,7-,8-/m1/s1. The first kappa shape index (κ1) is 17.7. The molecule has 112 valence electrons. The van der Waals surface area contributed by atoms with Gasteiger partial charge in [-0.05, 0) is 0 Å². The molecule has 0 amide bonds. The lowest BCUT2D eigenvalue weighted by molar-refractivity contribution is -0.0862. The quantitative estimate of drug-likeness (QED) is 0.462. The maximum atomic E-state index is 11.7. The summed E-state index contributed by atoms with van der Waals surface area (Å²) in [6.07, 6.45) is -0.376. The van der Waals surface area contributed by atoms with E-state index >= 15 is 0 Å². The van der Waals surface area contributed by atoms with Gasteiger partial charge in [-0.3, -0.25) is 18.9 Å². The highest BCUT2D eigenvalue weighted by molar-refractivity contribution is 9.09. The van der Waals surface area contributed by atoms with E-state index in [0.29, 0.717) is 0 Å². The van der Waals surface area contributed by atoms with Gasteiger partial charge in [-0.2, -0.15) is 0 Å². The second-order valence-electron chi connectivity index (χ2n) is 3.54. The maximum absolute atomic E-state index is 11.7. The van der Waals surface area contributed by atoms with Crippen molar-refractivity contribution in [2.75, 3.05) is 11.9 Å². The summed E-state index contributed by atoms with van der Waals surface area (Å²) in [4.78, 5) is 24.7. The Bertz CT molecular complexity index is 548. The first-order chi connectivity index (χ1) is 9.49. The van der Waals surface area contributed by atoms with Gasteiger partial charge >= 0.3 is 14.4 Å². The molecule has 1 heterocycles. The van der Waals surface area contributed by atoms with Crippen molar-refractivity contribution in [2.45, 2.75) is 17.3 Å². The van der Waals surface area contributed by atoms with E-state index in [-0.39, 0.29) is 11.9 Å². The van der Waals surface area contributed by atoms with E-state index in [0.717, 1.165) is 4.57 Å². The number of nitrogens with zero attached hydrogens (tertiary/aromatic N) is 1. The van der Waals surface area contributed by atoms with Crippen LogP contribution in [-0.4, -0.2) is 37.7 Å². The topological polar surface area (TPSA) is 111 Å². The molecular weight excluding hydrogens is 423 g/mol. The molecule has 0 fully saturated rings. The molecule has 0 saturated carbocycles. The summed E-state index contributed by atoms with van der Waals surface area (Å²) in [7, 11) is -0.547. The molecule has 1 rings (SSSR count). The number of hydrogen-bond donors (Lipinski definition) is 2. The number of aliphatic hydroxyl groups is 1. The Morgan fingerprint density at radius 3 is 2.70 bits per heavy atom. The molecule has 1 aromatic rings. The van der Waals surface area contributed by atoms with Gasteiger partial charge in [0.25, 0.3) is 5.56 Å². The van der Waals surface area contributed by atoms with E-state index in [2.05, 4.69) is 41.4 Å². The fourth-order valence-electron chi connectivity index (χ4n) is 1.32. The second kappa shape index (κ2) is 8.81. The predicted octanol–water partition coefficient (Wildman–Crippen LogP) is 0.752. The zero-order valence-corrected chi connectivity index (χ0v) is 14.0.